The highest BCUT2D eigenvalue weighted by Gasteiger charge is 2.28. The molecule has 1 aromatic heterocycles. The summed E-state index contributed by atoms with van der Waals surface area (Å²) in [5.41, 5.74) is 1.79. The third-order valence-electron chi connectivity index (χ3n) is 6.38. The van der Waals surface area contributed by atoms with Gasteiger partial charge in [-0.2, -0.15) is 4.79 Å². The molecule has 182 valence electrons. The number of hydrogen-bond donors (Lipinski definition) is 1. The van der Waals surface area contributed by atoms with Gasteiger partial charge in [-0.15, -0.1) is 4.90 Å². The zero-order chi connectivity index (χ0) is 23.7. The van der Waals surface area contributed by atoms with Crippen LogP contribution in [0.4, 0.5) is 16.3 Å². The number of nitrogens with zero attached hydrogens (tertiary/aromatic N) is 2. The highest BCUT2D eigenvalue weighted by Crippen LogP contribution is 2.23. The number of aryl methyl sites for hydroxylation is 2. The van der Waals surface area contributed by atoms with Crippen molar-refractivity contribution in [1.82, 2.24) is 0 Å². The van der Waals surface area contributed by atoms with Crippen LogP contribution in [0.25, 0.3) is 0 Å². The van der Waals surface area contributed by atoms with Gasteiger partial charge >= 0.3 is 6.09 Å². The number of aromatic nitrogens is 1. The molecule has 0 saturated carbocycles. The molecular weight excluding hydrogens is 408 g/mol. The molecule has 0 spiro atoms. The first-order valence-corrected chi connectivity index (χ1v) is 13.2. The molecule has 4 heteroatoms. The second-order valence-corrected chi connectivity index (χ2v) is 9.30. The van der Waals surface area contributed by atoms with Gasteiger partial charge in [0.1, 0.15) is 5.69 Å². The first-order chi connectivity index (χ1) is 16.1. The van der Waals surface area contributed by atoms with Crippen molar-refractivity contribution in [3.63, 3.8) is 0 Å². The fraction of sp³-hybridized carbons (Fsp3) is 0.586. The number of pyridine rings is 1. The first-order valence-electron chi connectivity index (χ1n) is 13.2. The molecule has 1 aromatic carbocycles. The summed E-state index contributed by atoms with van der Waals surface area (Å²) in [6.07, 6.45) is 19.8. The fourth-order valence-corrected chi connectivity index (χ4v) is 4.37. The minimum Gasteiger partial charge on any atom is -0.446 e. The SMILES string of the molecule is CCCCCCCCCCCCCCCC[n+]1ccccc1N(C(=O)O)c1ccc(C)cc1. The number of amides is 1. The lowest BCUT2D eigenvalue weighted by molar-refractivity contribution is -0.684. The van der Waals surface area contributed by atoms with Gasteiger partial charge in [0.2, 0.25) is 0 Å². The lowest BCUT2D eigenvalue weighted by Gasteiger charge is -2.15. The van der Waals surface area contributed by atoms with Crippen LogP contribution in [-0.2, 0) is 6.54 Å². The topological polar surface area (TPSA) is 44.4 Å². The lowest BCUT2D eigenvalue weighted by atomic mass is 10.0. The standard InChI is InChI=1S/C29H44N2O2/c1-3-4-5-6-7-8-9-10-11-12-13-14-15-17-24-30-25-18-16-19-28(30)31(29(32)33)27-22-20-26(2)21-23-27/h16,18-23,25H,3-15,17,24H2,1-2H3/p+1. The average Bonchev–Trinajstić information content (AvgIpc) is 2.81. The zero-order valence-corrected chi connectivity index (χ0v) is 21.0. The van der Waals surface area contributed by atoms with Crippen LogP contribution in [0.3, 0.4) is 0 Å². The molecule has 0 radical (unpaired) electrons. The van der Waals surface area contributed by atoms with E-state index >= 15 is 0 Å². The molecule has 1 amide bonds. The Morgan fingerprint density at radius 2 is 1.27 bits per heavy atom. The van der Waals surface area contributed by atoms with Gasteiger partial charge in [0.25, 0.3) is 5.82 Å². The van der Waals surface area contributed by atoms with Gasteiger partial charge in [0.05, 0.1) is 12.7 Å². The number of unbranched alkanes of at least 4 members (excludes halogenated alkanes) is 13. The van der Waals surface area contributed by atoms with E-state index in [9.17, 15) is 9.90 Å². The Balaban J connectivity index is 1.67. The van der Waals surface area contributed by atoms with Crippen LogP contribution < -0.4 is 9.47 Å². The van der Waals surface area contributed by atoms with Crippen LogP contribution in [0.2, 0.25) is 0 Å². The first kappa shape index (κ1) is 26.9. The predicted octanol–water partition coefficient (Wildman–Crippen LogP) is 8.58. The van der Waals surface area contributed by atoms with E-state index in [1.54, 1.807) is 0 Å². The summed E-state index contributed by atoms with van der Waals surface area (Å²) < 4.78 is 2.06. The van der Waals surface area contributed by atoms with Crippen molar-refractivity contribution in [3.8, 4) is 0 Å². The third kappa shape index (κ3) is 10.4. The van der Waals surface area contributed by atoms with Crippen LogP contribution in [0, 0.1) is 6.92 Å². The summed E-state index contributed by atoms with van der Waals surface area (Å²) in [7, 11) is 0. The molecule has 0 bridgehead atoms. The number of anilines is 2. The molecule has 2 rings (SSSR count). The van der Waals surface area contributed by atoms with E-state index in [1.165, 1.54) is 88.4 Å². The maximum atomic E-state index is 12.1. The fourth-order valence-electron chi connectivity index (χ4n) is 4.37. The van der Waals surface area contributed by atoms with Crippen molar-refractivity contribution in [2.45, 2.75) is 110 Å². The van der Waals surface area contributed by atoms with Crippen LogP contribution in [-0.4, -0.2) is 11.2 Å². The summed E-state index contributed by atoms with van der Waals surface area (Å²) in [5.74, 6) is 0.698. The van der Waals surface area contributed by atoms with Crippen LogP contribution in [0.15, 0.2) is 48.7 Å². The Labute approximate surface area is 201 Å². The Hall–Kier alpha value is -2.36. The summed E-state index contributed by atoms with van der Waals surface area (Å²) in [6, 6.07) is 13.4. The minimum absolute atomic E-state index is 0.675. The monoisotopic (exact) mass is 453 g/mol. The van der Waals surface area contributed by atoms with Gasteiger partial charge < -0.3 is 5.11 Å². The van der Waals surface area contributed by atoms with Gasteiger partial charge in [0, 0.05) is 6.07 Å². The van der Waals surface area contributed by atoms with Gasteiger partial charge in [-0.05, 0) is 38.0 Å². The largest absolute Gasteiger partial charge is 0.510 e. The van der Waals surface area contributed by atoms with Crippen molar-refractivity contribution in [3.05, 3.63) is 54.2 Å². The Kier molecular flexibility index (Phi) is 13.3. The number of carbonyl (C=O) groups is 1. The highest BCUT2D eigenvalue weighted by molar-refractivity contribution is 5.92. The molecule has 1 heterocycles. The van der Waals surface area contributed by atoms with Crippen molar-refractivity contribution >= 4 is 17.6 Å². The summed E-state index contributed by atoms with van der Waals surface area (Å²) in [6.45, 7) is 5.12. The molecule has 1 N–H and O–H groups in total. The smallest absolute Gasteiger partial charge is 0.446 e. The van der Waals surface area contributed by atoms with Crippen LogP contribution in [0.5, 0.6) is 0 Å². The van der Waals surface area contributed by atoms with Crippen molar-refractivity contribution in [1.29, 1.82) is 0 Å². The molecule has 0 atom stereocenters. The van der Waals surface area contributed by atoms with Gasteiger partial charge in [0.15, 0.2) is 0 Å². The van der Waals surface area contributed by atoms with E-state index in [2.05, 4.69) is 11.5 Å². The van der Waals surface area contributed by atoms with Crippen molar-refractivity contribution < 1.29 is 14.5 Å². The lowest BCUT2D eigenvalue weighted by Crippen LogP contribution is -2.42. The van der Waals surface area contributed by atoms with E-state index in [0.717, 1.165) is 18.5 Å². The summed E-state index contributed by atoms with van der Waals surface area (Å²) in [4.78, 5) is 13.4. The zero-order valence-electron chi connectivity index (χ0n) is 21.0. The van der Waals surface area contributed by atoms with E-state index in [-0.39, 0.29) is 0 Å². The molecular formula is C29H45N2O2+. The quantitative estimate of drug-likeness (QED) is 0.192. The molecule has 33 heavy (non-hydrogen) atoms. The highest BCUT2D eigenvalue weighted by atomic mass is 16.4. The van der Waals surface area contributed by atoms with Gasteiger partial charge in [-0.1, -0.05) is 108 Å². The van der Waals surface area contributed by atoms with E-state index < -0.39 is 6.09 Å². The normalized spacial score (nSPS) is 11.0. The Morgan fingerprint density at radius 3 is 1.79 bits per heavy atom. The van der Waals surface area contributed by atoms with E-state index in [0.29, 0.717) is 11.5 Å². The maximum Gasteiger partial charge on any atom is 0.510 e. The Bertz CT molecular complexity index is 788. The number of benzene rings is 1. The van der Waals surface area contributed by atoms with Crippen molar-refractivity contribution in [2.75, 3.05) is 4.90 Å². The van der Waals surface area contributed by atoms with E-state index in [1.807, 2.05) is 55.6 Å². The molecule has 0 aliphatic rings. The molecule has 0 fully saturated rings. The van der Waals surface area contributed by atoms with Gasteiger partial charge in [-0.3, -0.25) is 0 Å². The number of rotatable bonds is 17. The summed E-state index contributed by atoms with van der Waals surface area (Å²) in [5, 5.41) is 9.88. The van der Waals surface area contributed by atoms with Crippen LogP contribution in [0.1, 0.15) is 102 Å². The van der Waals surface area contributed by atoms with E-state index in [4.69, 9.17) is 0 Å². The third-order valence-corrected chi connectivity index (χ3v) is 6.38. The molecule has 0 aliphatic carbocycles. The maximum absolute atomic E-state index is 12.1. The minimum atomic E-state index is -0.959. The summed E-state index contributed by atoms with van der Waals surface area (Å²) >= 11 is 0. The molecule has 2 aromatic rings. The van der Waals surface area contributed by atoms with Gasteiger partial charge in [-0.25, -0.2) is 4.57 Å². The van der Waals surface area contributed by atoms with Crippen molar-refractivity contribution in [2.24, 2.45) is 0 Å². The van der Waals surface area contributed by atoms with Crippen LogP contribution >= 0.6 is 0 Å². The molecule has 0 aliphatic heterocycles. The Morgan fingerprint density at radius 1 is 0.758 bits per heavy atom. The number of hydrogen-bond acceptors (Lipinski definition) is 1. The molecule has 0 saturated heterocycles. The number of carboxylic acid groups (broad SMARTS) is 1. The second-order valence-electron chi connectivity index (χ2n) is 9.30. The molecule has 4 nitrogen and oxygen atoms in total. The molecule has 0 unspecified atom stereocenters. The second kappa shape index (κ2) is 16.3. The average molecular weight is 454 g/mol. The predicted molar refractivity (Wildman–Crippen MR) is 138 cm³/mol.